The third-order valence-corrected chi connectivity index (χ3v) is 3.64. The predicted molar refractivity (Wildman–Crippen MR) is 88.4 cm³/mol. The standard InChI is InChI=1S/C17H19BrFNO/c1-11(2)21-14-5-7-17(12(3)8-14)20-10-13-4-6-16(19)15(18)9-13/h4-9,11,20H,10H2,1-3H3. The van der Waals surface area contributed by atoms with Gasteiger partial charge in [0.05, 0.1) is 10.6 Å². The van der Waals surface area contributed by atoms with Gasteiger partial charge in [0.25, 0.3) is 0 Å². The number of aryl methyl sites for hydroxylation is 1. The van der Waals surface area contributed by atoms with Gasteiger partial charge in [0.15, 0.2) is 0 Å². The third-order valence-electron chi connectivity index (χ3n) is 3.04. The van der Waals surface area contributed by atoms with Gasteiger partial charge in [-0.3, -0.25) is 0 Å². The van der Waals surface area contributed by atoms with Gasteiger partial charge in [-0.1, -0.05) is 6.07 Å². The zero-order valence-corrected chi connectivity index (χ0v) is 14.0. The monoisotopic (exact) mass is 351 g/mol. The van der Waals surface area contributed by atoms with E-state index < -0.39 is 0 Å². The maximum Gasteiger partial charge on any atom is 0.137 e. The van der Waals surface area contributed by atoms with E-state index in [1.54, 1.807) is 12.1 Å². The van der Waals surface area contributed by atoms with Crippen LogP contribution in [0.2, 0.25) is 0 Å². The molecule has 2 aromatic rings. The minimum atomic E-state index is -0.245. The molecule has 2 aromatic carbocycles. The number of hydrogen-bond acceptors (Lipinski definition) is 2. The number of halogens is 2. The Morgan fingerprint density at radius 1 is 1.19 bits per heavy atom. The molecule has 0 aromatic heterocycles. The van der Waals surface area contributed by atoms with Crippen LogP contribution in [0, 0.1) is 12.7 Å². The van der Waals surface area contributed by atoms with Crippen molar-refractivity contribution in [1.82, 2.24) is 0 Å². The van der Waals surface area contributed by atoms with Crippen LogP contribution in [0.1, 0.15) is 25.0 Å². The fourth-order valence-electron chi connectivity index (χ4n) is 2.03. The van der Waals surface area contributed by atoms with Crippen LogP contribution >= 0.6 is 15.9 Å². The molecule has 2 rings (SSSR count). The van der Waals surface area contributed by atoms with Crippen LogP contribution in [0.5, 0.6) is 5.75 Å². The Hall–Kier alpha value is -1.55. The van der Waals surface area contributed by atoms with Crippen LogP contribution in [-0.4, -0.2) is 6.10 Å². The minimum Gasteiger partial charge on any atom is -0.491 e. The summed E-state index contributed by atoms with van der Waals surface area (Å²) in [4.78, 5) is 0. The maximum atomic E-state index is 13.2. The molecule has 112 valence electrons. The van der Waals surface area contributed by atoms with Crippen molar-refractivity contribution in [2.45, 2.75) is 33.4 Å². The van der Waals surface area contributed by atoms with Crippen LogP contribution in [0.3, 0.4) is 0 Å². The fraction of sp³-hybridized carbons (Fsp3) is 0.294. The van der Waals surface area contributed by atoms with E-state index in [1.165, 1.54) is 6.07 Å². The lowest BCUT2D eigenvalue weighted by Crippen LogP contribution is -2.06. The number of rotatable bonds is 5. The largest absolute Gasteiger partial charge is 0.491 e. The quantitative estimate of drug-likeness (QED) is 0.789. The van der Waals surface area contributed by atoms with E-state index >= 15 is 0 Å². The molecule has 0 spiro atoms. The third kappa shape index (κ3) is 4.46. The second-order valence-corrected chi connectivity index (χ2v) is 6.10. The number of nitrogens with one attached hydrogen (secondary N) is 1. The lowest BCUT2D eigenvalue weighted by Gasteiger charge is -2.14. The second-order valence-electron chi connectivity index (χ2n) is 5.25. The highest BCUT2D eigenvalue weighted by Crippen LogP contribution is 2.23. The van der Waals surface area contributed by atoms with Gasteiger partial charge in [-0.15, -0.1) is 0 Å². The van der Waals surface area contributed by atoms with Gasteiger partial charge in [0.1, 0.15) is 11.6 Å². The average molecular weight is 352 g/mol. The molecule has 0 aliphatic heterocycles. The molecule has 2 nitrogen and oxygen atoms in total. The van der Waals surface area contributed by atoms with E-state index in [-0.39, 0.29) is 11.9 Å². The molecule has 0 aliphatic rings. The van der Waals surface area contributed by atoms with Crippen molar-refractivity contribution >= 4 is 21.6 Å². The van der Waals surface area contributed by atoms with Crippen LogP contribution < -0.4 is 10.1 Å². The molecule has 0 atom stereocenters. The molecule has 0 aliphatic carbocycles. The Bertz CT molecular complexity index is 628. The first-order valence-corrected chi connectivity index (χ1v) is 7.70. The van der Waals surface area contributed by atoms with Gasteiger partial charge in [-0.2, -0.15) is 0 Å². The van der Waals surface area contributed by atoms with E-state index in [0.29, 0.717) is 11.0 Å². The fourth-order valence-corrected chi connectivity index (χ4v) is 2.45. The summed E-state index contributed by atoms with van der Waals surface area (Å²) in [6.45, 7) is 6.70. The van der Waals surface area contributed by atoms with Crippen molar-refractivity contribution < 1.29 is 9.13 Å². The Kier molecular flexibility index (Phi) is 5.23. The average Bonchev–Trinajstić information content (AvgIpc) is 2.41. The summed E-state index contributed by atoms with van der Waals surface area (Å²) in [6.07, 6.45) is 0.166. The van der Waals surface area contributed by atoms with Gasteiger partial charge in [0, 0.05) is 12.2 Å². The predicted octanol–water partition coefficient (Wildman–Crippen LogP) is 5.30. The Balaban J connectivity index is 2.04. The highest BCUT2D eigenvalue weighted by molar-refractivity contribution is 9.10. The zero-order chi connectivity index (χ0) is 15.4. The van der Waals surface area contributed by atoms with E-state index in [4.69, 9.17) is 4.74 Å². The van der Waals surface area contributed by atoms with Gasteiger partial charge in [-0.25, -0.2) is 4.39 Å². The van der Waals surface area contributed by atoms with Gasteiger partial charge >= 0.3 is 0 Å². The molecule has 1 N–H and O–H groups in total. The van der Waals surface area contributed by atoms with E-state index in [9.17, 15) is 4.39 Å². The smallest absolute Gasteiger partial charge is 0.137 e. The zero-order valence-electron chi connectivity index (χ0n) is 12.4. The molecule has 0 unspecified atom stereocenters. The van der Waals surface area contributed by atoms with Crippen molar-refractivity contribution in [2.75, 3.05) is 5.32 Å². The van der Waals surface area contributed by atoms with Gasteiger partial charge < -0.3 is 10.1 Å². The van der Waals surface area contributed by atoms with E-state index in [0.717, 1.165) is 22.6 Å². The molecule has 0 saturated heterocycles. The molecule has 0 fully saturated rings. The summed E-state index contributed by atoms with van der Waals surface area (Å²) in [5.41, 5.74) is 3.19. The Labute approximate surface area is 133 Å². The Morgan fingerprint density at radius 3 is 2.57 bits per heavy atom. The number of hydrogen-bond donors (Lipinski definition) is 1. The van der Waals surface area contributed by atoms with Gasteiger partial charge in [-0.05, 0) is 78.2 Å². The van der Waals surface area contributed by atoms with Gasteiger partial charge in [0.2, 0.25) is 0 Å². The van der Waals surface area contributed by atoms with Crippen molar-refractivity contribution in [3.63, 3.8) is 0 Å². The molecule has 0 radical (unpaired) electrons. The van der Waals surface area contributed by atoms with E-state index in [2.05, 4.69) is 21.2 Å². The summed E-state index contributed by atoms with van der Waals surface area (Å²) in [5.74, 6) is 0.627. The molecular formula is C17H19BrFNO. The maximum absolute atomic E-state index is 13.2. The lowest BCUT2D eigenvalue weighted by molar-refractivity contribution is 0.242. The summed E-state index contributed by atoms with van der Waals surface area (Å²) in [7, 11) is 0. The molecule has 21 heavy (non-hydrogen) atoms. The van der Waals surface area contributed by atoms with Crippen LogP contribution in [-0.2, 0) is 6.54 Å². The van der Waals surface area contributed by atoms with Crippen LogP contribution in [0.25, 0.3) is 0 Å². The summed E-state index contributed by atoms with van der Waals surface area (Å²) in [6, 6.07) is 11.0. The summed E-state index contributed by atoms with van der Waals surface area (Å²) >= 11 is 3.20. The van der Waals surface area contributed by atoms with Crippen molar-refractivity contribution in [1.29, 1.82) is 0 Å². The first-order chi connectivity index (χ1) is 9.95. The van der Waals surface area contributed by atoms with Crippen molar-refractivity contribution in [3.05, 3.63) is 57.8 Å². The summed E-state index contributed by atoms with van der Waals surface area (Å²) < 4.78 is 19.3. The second kappa shape index (κ2) is 6.94. The first-order valence-electron chi connectivity index (χ1n) is 6.91. The molecule has 4 heteroatoms. The lowest BCUT2D eigenvalue weighted by atomic mass is 10.1. The number of anilines is 1. The van der Waals surface area contributed by atoms with E-state index in [1.807, 2.05) is 39.0 Å². The molecule has 0 heterocycles. The molecular weight excluding hydrogens is 333 g/mol. The topological polar surface area (TPSA) is 21.3 Å². The number of benzene rings is 2. The van der Waals surface area contributed by atoms with Crippen LogP contribution in [0.4, 0.5) is 10.1 Å². The number of ether oxygens (including phenoxy) is 1. The van der Waals surface area contributed by atoms with Crippen LogP contribution in [0.15, 0.2) is 40.9 Å². The highest BCUT2D eigenvalue weighted by Gasteiger charge is 2.04. The highest BCUT2D eigenvalue weighted by atomic mass is 79.9. The minimum absolute atomic E-state index is 0.166. The molecule has 0 bridgehead atoms. The summed E-state index contributed by atoms with van der Waals surface area (Å²) in [5, 5.41) is 3.36. The first kappa shape index (κ1) is 15.8. The van der Waals surface area contributed by atoms with Crippen molar-refractivity contribution in [2.24, 2.45) is 0 Å². The van der Waals surface area contributed by atoms with Crippen molar-refractivity contribution in [3.8, 4) is 5.75 Å². The normalized spacial score (nSPS) is 10.8. The SMILES string of the molecule is Cc1cc(OC(C)C)ccc1NCc1ccc(F)c(Br)c1. The Morgan fingerprint density at radius 2 is 1.95 bits per heavy atom. The molecule has 0 amide bonds. The molecule has 0 saturated carbocycles.